The van der Waals surface area contributed by atoms with E-state index in [0.29, 0.717) is 17.3 Å². The molecule has 0 aliphatic rings. The number of carbonyl (C=O) groups is 1. The molecule has 0 aliphatic carbocycles. The number of anilines is 1. The van der Waals surface area contributed by atoms with Crippen LogP contribution >= 0.6 is 0 Å². The summed E-state index contributed by atoms with van der Waals surface area (Å²) in [6, 6.07) is 1.86. The summed E-state index contributed by atoms with van der Waals surface area (Å²) < 4.78 is 7.28. The van der Waals surface area contributed by atoms with Crippen LogP contribution in [0.2, 0.25) is 0 Å². The molecule has 1 heterocycles. The third-order valence-corrected chi connectivity index (χ3v) is 2.75. The van der Waals surface area contributed by atoms with Crippen molar-refractivity contribution in [3.8, 4) is 0 Å². The van der Waals surface area contributed by atoms with Crippen LogP contribution in [0.3, 0.4) is 0 Å². The molecule has 0 bridgehead atoms. The third-order valence-electron chi connectivity index (χ3n) is 2.75. The van der Waals surface area contributed by atoms with E-state index >= 15 is 0 Å². The van der Waals surface area contributed by atoms with Crippen LogP contribution in [0.4, 0.5) is 5.69 Å². The fourth-order valence-electron chi connectivity index (χ4n) is 2.05. The summed E-state index contributed by atoms with van der Waals surface area (Å²) in [6.07, 6.45) is 2.56. The quantitative estimate of drug-likeness (QED) is 0.818. The topological polar surface area (TPSA) is 57.2 Å². The minimum atomic E-state index is -0.298. The third kappa shape index (κ3) is 3.79. The first-order valence-corrected chi connectivity index (χ1v) is 6.49. The molecule has 0 aromatic carbocycles. The van der Waals surface area contributed by atoms with Crippen LogP contribution in [0.5, 0.6) is 0 Å². The summed E-state index contributed by atoms with van der Waals surface area (Å²) in [7, 11) is 0. The van der Waals surface area contributed by atoms with Gasteiger partial charge in [-0.25, -0.2) is 4.79 Å². The molecule has 0 spiro atoms. The fourth-order valence-corrected chi connectivity index (χ4v) is 2.05. The van der Waals surface area contributed by atoms with Crippen LogP contribution in [0.1, 0.15) is 57.6 Å². The summed E-state index contributed by atoms with van der Waals surface area (Å²) >= 11 is 0. The predicted octanol–water partition coefficient (Wildman–Crippen LogP) is 3.24. The van der Waals surface area contributed by atoms with Crippen LogP contribution < -0.4 is 5.73 Å². The van der Waals surface area contributed by atoms with E-state index in [1.54, 1.807) is 12.3 Å². The van der Waals surface area contributed by atoms with Gasteiger partial charge in [0.05, 0.1) is 11.8 Å². The van der Waals surface area contributed by atoms with Crippen LogP contribution in [-0.4, -0.2) is 16.6 Å². The number of hydrogen-bond donors (Lipinski definition) is 1. The Morgan fingerprint density at radius 3 is 2.44 bits per heavy atom. The zero-order valence-corrected chi connectivity index (χ0v) is 11.9. The smallest absolute Gasteiger partial charge is 0.355 e. The number of nitrogens with zero attached hydrogens (tertiary/aromatic N) is 1. The maximum absolute atomic E-state index is 12.1. The average Bonchev–Trinajstić information content (AvgIpc) is 2.58. The van der Waals surface area contributed by atoms with Gasteiger partial charge in [0.25, 0.3) is 0 Å². The van der Waals surface area contributed by atoms with Crippen molar-refractivity contribution in [1.82, 2.24) is 4.57 Å². The van der Waals surface area contributed by atoms with Gasteiger partial charge in [0, 0.05) is 12.2 Å². The molecule has 1 aromatic rings. The number of carbonyl (C=O) groups excluding carboxylic acids is 1. The summed E-state index contributed by atoms with van der Waals surface area (Å²) in [6.45, 7) is 10.2. The monoisotopic (exact) mass is 252 g/mol. The molecular formula is C14H24N2O2. The highest BCUT2D eigenvalue weighted by atomic mass is 16.5. The Hall–Kier alpha value is -1.45. The zero-order valence-electron chi connectivity index (χ0n) is 11.9. The number of nitrogens with two attached hydrogens (primary N) is 1. The van der Waals surface area contributed by atoms with Crippen LogP contribution in [0.15, 0.2) is 12.3 Å². The van der Waals surface area contributed by atoms with Gasteiger partial charge in [0.2, 0.25) is 0 Å². The summed E-state index contributed by atoms with van der Waals surface area (Å²) in [5.41, 5.74) is 6.85. The normalized spacial score (nSPS) is 13.1. The highest BCUT2D eigenvalue weighted by Crippen LogP contribution is 2.18. The molecule has 1 unspecified atom stereocenters. The van der Waals surface area contributed by atoms with Crippen LogP contribution in [0.25, 0.3) is 0 Å². The largest absolute Gasteiger partial charge is 0.458 e. The molecule has 18 heavy (non-hydrogen) atoms. The number of hydrogen-bond acceptors (Lipinski definition) is 3. The lowest BCUT2D eigenvalue weighted by molar-refractivity contribution is 0.0285. The Morgan fingerprint density at radius 1 is 1.33 bits per heavy atom. The standard InChI is InChI=1S/C14H24N2O2/c1-9(2)6-11(5)18-14(17)13-7-12(15)8-16(13)10(3)4/h7-11H,6,15H2,1-5H3. The number of rotatable bonds is 5. The van der Waals surface area contributed by atoms with E-state index in [9.17, 15) is 4.79 Å². The van der Waals surface area contributed by atoms with Crippen LogP contribution in [-0.2, 0) is 4.74 Å². The van der Waals surface area contributed by atoms with Gasteiger partial charge in [0.1, 0.15) is 5.69 Å². The van der Waals surface area contributed by atoms with E-state index in [2.05, 4.69) is 13.8 Å². The number of ether oxygens (including phenoxy) is 1. The second-order valence-corrected chi connectivity index (χ2v) is 5.51. The molecule has 102 valence electrons. The molecule has 1 atom stereocenters. The number of esters is 1. The van der Waals surface area contributed by atoms with E-state index in [1.807, 2.05) is 25.3 Å². The van der Waals surface area contributed by atoms with Crippen LogP contribution in [0, 0.1) is 5.92 Å². The van der Waals surface area contributed by atoms with E-state index in [-0.39, 0.29) is 18.1 Å². The minimum Gasteiger partial charge on any atom is -0.458 e. The molecule has 1 rings (SSSR count). The van der Waals surface area contributed by atoms with E-state index in [4.69, 9.17) is 10.5 Å². The first-order chi connectivity index (χ1) is 8.31. The number of aromatic nitrogens is 1. The Balaban J connectivity index is 2.78. The summed E-state index contributed by atoms with van der Waals surface area (Å²) in [5, 5.41) is 0. The predicted molar refractivity (Wildman–Crippen MR) is 73.6 cm³/mol. The van der Waals surface area contributed by atoms with Crippen molar-refractivity contribution in [3.63, 3.8) is 0 Å². The van der Waals surface area contributed by atoms with Gasteiger partial charge in [-0.2, -0.15) is 0 Å². The van der Waals surface area contributed by atoms with Gasteiger partial charge >= 0.3 is 5.97 Å². The molecule has 4 nitrogen and oxygen atoms in total. The SMILES string of the molecule is CC(C)CC(C)OC(=O)c1cc(N)cn1C(C)C. The summed E-state index contributed by atoms with van der Waals surface area (Å²) in [5.74, 6) is 0.211. The lowest BCUT2D eigenvalue weighted by Crippen LogP contribution is -2.20. The van der Waals surface area contributed by atoms with E-state index in [0.717, 1.165) is 6.42 Å². The van der Waals surface area contributed by atoms with Crippen molar-refractivity contribution in [1.29, 1.82) is 0 Å². The van der Waals surface area contributed by atoms with Crippen molar-refractivity contribution in [2.45, 2.75) is 53.2 Å². The van der Waals surface area contributed by atoms with E-state index < -0.39 is 0 Å². The Morgan fingerprint density at radius 2 is 1.94 bits per heavy atom. The zero-order chi connectivity index (χ0) is 13.9. The molecule has 2 N–H and O–H groups in total. The Kier molecular flexibility index (Phi) is 4.82. The second-order valence-electron chi connectivity index (χ2n) is 5.51. The molecular weight excluding hydrogens is 228 g/mol. The average molecular weight is 252 g/mol. The van der Waals surface area contributed by atoms with E-state index in [1.165, 1.54) is 0 Å². The lowest BCUT2D eigenvalue weighted by atomic mass is 10.1. The molecule has 0 aliphatic heterocycles. The van der Waals surface area contributed by atoms with Crippen molar-refractivity contribution in [2.24, 2.45) is 5.92 Å². The van der Waals surface area contributed by atoms with Gasteiger partial charge < -0.3 is 15.0 Å². The van der Waals surface area contributed by atoms with Crippen molar-refractivity contribution < 1.29 is 9.53 Å². The lowest BCUT2D eigenvalue weighted by Gasteiger charge is -2.17. The van der Waals surface area contributed by atoms with Gasteiger partial charge in [-0.15, -0.1) is 0 Å². The number of nitrogen functional groups attached to an aromatic ring is 1. The molecule has 0 amide bonds. The second kappa shape index (κ2) is 5.94. The van der Waals surface area contributed by atoms with Gasteiger partial charge in [-0.05, 0) is 39.2 Å². The highest BCUT2D eigenvalue weighted by Gasteiger charge is 2.18. The minimum absolute atomic E-state index is 0.0748. The van der Waals surface area contributed by atoms with Gasteiger partial charge in [-0.1, -0.05) is 13.8 Å². The molecule has 0 fully saturated rings. The van der Waals surface area contributed by atoms with Crippen molar-refractivity contribution in [3.05, 3.63) is 18.0 Å². The molecule has 0 radical (unpaired) electrons. The molecule has 1 aromatic heterocycles. The maximum atomic E-state index is 12.1. The van der Waals surface area contributed by atoms with Crippen molar-refractivity contribution >= 4 is 11.7 Å². The Labute approximate surface area is 109 Å². The van der Waals surface area contributed by atoms with Crippen molar-refractivity contribution in [2.75, 3.05) is 5.73 Å². The first-order valence-electron chi connectivity index (χ1n) is 6.49. The highest BCUT2D eigenvalue weighted by molar-refractivity contribution is 5.89. The molecule has 0 saturated carbocycles. The molecule has 0 saturated heterocycles. The summed E-state index contributed by atoms with van der Waals surface area (Å²) in [4.78, 5) is 12.1. The van der Waals surface area contributed by atoms with Gasteiger partial charge in [-0.3, -0.25) is 0 Å². The first kappa shape index (κ1) is 14.6. The molecule has 4 heteroatoms. The van der Waals surface area contributed by atoms with Gasteiger partial charge in [0.15, 0.2) is 0 Å². The maximum Gasteiger partial charge on any atom is 0.355 e. The Bertz CT molecular complexity index is 408. The fraction of sp³-hybridized carbons (Fsp3) is 0.643.